The Morgan fingerprint density at radius 2 is 2.00 bits per heavy atom. The number of rotatable bonds is 6. The zero-order valence-electron chi connectivity index (χ0n) is 9.67. The maximum atomic E-state index is 13.0. The van der Waals surface area contributed by atoms with Gasteiger partial charge >= 0.3 is 5.97 Å². The SMILES string of the molecule is O=C(O)CCN(CCO)C(=O)c1cccc(F)c1. The molecule has 98 valence electrons. The molecule has 0 bridgehead atoms. The van der Waals surface area contributed by atoms with E-state index in [0.717, 1.165) is 6.07 Å². The number of carbonyl (C=O) groups excluding carboxylic acids is 1. The van der Waals surface area contributed by atoms with Crippen LogP contribution in [-0.4, -0.2) is 46.7 Å². The summed E-state index contributed by atoms with van der Waals surface area (Å²) in [6, 6.07) is 5.13. The summed E-state index contributed by atoms with van der Waals surface area (Å²) in [7, 11) is 0. The van der Waals surface area contributed by atoms with Crippen LogP contribution in [0.2, 0.25) is 0 Å². The van der Waals surface area contributed by atoms with E-state index in [1.54, 1.807) is 0 Å². The molecule has 0 aliphatic carbocycles. The van der Waals surface area contributed by atoms with Gasteiger partial charge in [0, 0.05) is 18.7 Å². The lowest BCUT2D eigenvalue weighted by Crippen LogP contribution is -2.35. The second-order valence-corrected chi connectivity index (χ2v) is 3.67. The summed E-state index contributed by atoms with van der Waals surface area (Å²) >= 11 is 0. The molecule has 0 aromatic heterocycles. The molecule has 0 saturated carbocycles. The van der Waals surface area contributed by atoms with Crippen LogP contribution in [0, 0.1) is 5.82 Å². The zero-order valence-corrected chi connectivity index (χ0v) is 9.67. The lowest BCUT2D eigenvalue weighted by molar-refractivity contribution is -0.137. The van der Waals surface area contributed by atoms with Gasteiger partial charge in [-0.15, -0.1) is 0 Å². The minimum absolute atomic E-state index is 0.0165. The molecule has 0 heterocycles. The van der Waals surface area contributed by atoms with Gasteiger partial charge in [0.05, 0.1) is 13.0 Å². The molecule has 0 aliphatic rings. The van der Waals surface area contributed by atoms with Crippen LogP contribution in [0.25, 0.3) is 0 Å². The van der Waals surface area contributed by atoms with E-state index in [-0.39, 0.29) is 31.7 Å². The summed E-state index contributed by atoms with van der Waals surface area (Å²) in [5.41, 5.74) is 0.133. The van der Waals surface area contributed by atoms with Crippen molar-refractivity contribution in [2.24, 2.45) is 0 Å². The van der Waals surface area contributed by atoms with Gasteiger partial charge in [0.15, 0.2) is 0 Å². The monoisotopic (exact) mass is 255 g/mol. The van der Waals surface area contributed by atoms with Gasteiger partial charge in [0.1, 0.15) is 5.82 Å². The molecule has 0 radical (unpaired) electrons. The van der Waals surface area contributed by atoms with Gasteiger partial charge in [-0.1, -0.05) is 6.07 Å². The van der Waals surface area contributed by atoms with Crippen molar-refractivity contribution in [1.29, 1.82) is 0 Å². The van der Waals surface area contributed by atoms with Crippen LogP contribution < -0.4 is 0 Å². The quantitative estimate of drug-likeness (QED) is 0.785. The molecular formula is C12H14FNO4. The maximum absolute atomic E-state index is 13.0. The molecule has 0 saturated heterocycles. The van der Waals surface area contributed by atoms with Crippen LogP contribution in [0.3, 0.4) is 0 Å². The minimum Gasteiger partial charge on any atom is -0.481 e. The number of carboxylic acid groups (broad SMARTS) is 1. The summed E-state index contributed by atoms with van der Waals surface area (Å²) in [5, 5.41) is 17.4. The number of carbonyl (C=O) groups is 2. The summed E-state index contributed by atoms with van der Waals surface area (Å²) in [6.07, 6.45) is -0.221. The van der Waals surface area contributed by atoms with Crippen LogP contribution >= 0.6 is 0 Å². The topological polar surface area (TPSA) is 77.8 Å². The molecule has 0 spiro atoms. The fraction of sp³-hybridized carbons (Fsp3) is 0.333. The molecular weight excluding hydrogens is 241 g/mol. The third kappa shape index (κ3) is 4.14. The van der Waals surface area contributed by atoms with Gasteiger partial charge < -0.3 is 15.1 Å². The number of hydrogen-bond donors (Lipinski definition) is 2. The standard InChI is InChI=1S/C12H14FNO4/c13-10-3-1-2-9(8-10)12(18)14(6-7-15)5-4-11(16)17/h1-3,8,15H,4-7H2,(H,16,17). The normalized spacial score (nSPS) is 10.1. The number of aliphatic hydroxyl groups excluding tert-OH is 1. The van der Waals surface area contributed by atoms with Crippen LogP contribution in [0.15, 0.2) is 24.3 Å². The predicted octanol–water partition coefficient (Wildman–Crippen LogP) is 0.735. The van der Waals surface area contributed by atoms with Crippen molar-refractivity contribution >= 4 is 11.9 Å². The van der Waals surface area contributed by atoms with Crippen LogP contribution in [0.1, 0.15) is 16.8 Å². The number of benzene rings is 1. The molecule has 5 nitrogen and oxygen atoms in total. The van der Waals surface area contributed by atoms with Crippen LogP contribution in [0.4, 0.5) is 4.39 Å². The number of halogens is 1. The van der Waals surface area contributed by atoms with Gasteiger partial charge in [0.25, 0.3) is 5.91 Å². The molecule has 6 heteroatoms. The van der Waals surface area contributed by atoms with E-state index in [1.807, 2.05) is 0 Å². The number of nitrogens with zero attached hydrogens (tertiary/aromatic N) is 1. The minimum atomic E-state index is -1.04. The smallest absolute Gasteiger partial charge is 0.305 e. The Morgan fingerprint density at radius 3 is 2.56 bits per heavy atom. The number of hydrogen-bond acceptors (Lipinski definition) is 3. The Labute approximate surface area is 103 Å². The molecule has 0 aliphatic heterocycles. The number of aliphatic carboxylic acids is 1. The summed E-state index contributed by atoms with van der Waals surface area (Å²) in [6.45, 7) is -0.283. The van der Waals surface area contributed by atoms with Crippen molar-refractivity contribution in [1.82, 2.24) is 4.90 Å². The first-order valence-corrected chi connectivity index (χ1v) is 5.42. The van der Waals surface area contributed by atoms with Crippen molar-refractivity contribution in [3.63, 3.8) is 0 Å². The Kier molecular flexibility index (Phi) is 5.26. The van der Waals surface area contributed by atoms with Gasteiger partial charge in [-0.3, -0.25) is 9.59 Å². The lowest BCUT2D eigenvalue weighted by Gasteiger charge is -2.20. The first kappa shape index (κ1) is 14.1. The Balaban J connectivity index is 2.78. The van der Waals surface area contributed by atoms with E-state index in [0.29, 0.717) is 0 Å². The predicted molar refractivity (Wildman–Crippen MR) is 61.6 cm³/mol. The average Bonchev–Trinajstić information content (AvgIpc) is 2.33. The molecule has 1 aromatic carbocycles. The fourth-order valence-corrected chi connectivity index (χ4v) is 1.47. The summed E-state index contributed by atoms with van der Waals surface area (Å²) in [4.78, 5) is 23.6. The average molecular weight is 255 g/mol. The molecule has 0 atom stereocenters. The molecule has 1 aromatic rings. The highest BCUT2D eigenvalue weighted by atomic mass is 19.1. The molecule has 1 amide bonds. The van der Waals surface area contributed by atoms with Gasteiger partial charge in [-0.25, -0.2) is 4.39 Å². The number of aliphatic hydroxyl groups is 1. The summed E-state index contributed by atoms with van der Waals surface area (Å²) < 4.78 is 13.0. The largest absolute Gasteiger partial charge is 0.481 e. The molecule has 0 fully saturated rings. The van der Waals surface area contributed by atoms with Crippen LogP contribution in [-0.2, 0) is 4.79 Å². The lowest BCUT2D eigenvalue weighted by atomic mass is 10.2. The third-order valence-electron chi connectivity index (χ3n) is 2.32. The van der Waals surface area contributed by atoms with E-state index in [4.69, 9.17) is 10.2 Å². The first-order chi connectivity index (χ1) is 8.54. The Morgan fingerprint density at radius 1 is 1.28 bits per heavy atom. The molecule has 2 N–H and O–H groups in total. The van der Waals surface area contributed by atoms with E-state index in [1.165, 1.54) is 23.1 Å². The second-order valence-electron chi connectivity index (χ2n) is 3.67. The van der Waals surface area contributed by atoms with E-state index in [2.05, 4.69) is 0 Å². The van der Waals surface area contributed by atoms with E-state index < -0.39 is 17.7 Å². The first-order valence-electron chi connectivity index (χ1n) is 5.42. The highest BCUT2D eigenvalue weighted by Crippen LogP contribution is 2.08. The third-order valence-corrected chi connectivity index (χ3v) is 2.32. The van der Waals surface area contributed by atoms with Crippen molar-refractivity contribution in [2.45, 2.75) is 6.42 Å². The summed E-state index contributed by atoms with van der Waals surface area (Å²) in [5.74, 6) is -2.07. The fourth-order valence-electron chi connectivity index (χ4n) is 1.47. The van der Waals surface area contributed by atoms with Gasteiger partial charge in [-0.2, -0.15) is 0 Å². The van der Waals surface area contributed by atoms with Crippen molar-refractivity contribution in [2.75, 3.05) is 19.7 Å². The van der Waals surface area contributed by atoms with Crippen molar-refractivity contribution in [3.8, 4) is 0 Å². The van der Waals surface area contributed by atoms with E-state index >= 15 is 0 Å². The highest BCUT2D eigenvalue weighted by Gasteiger charge is 2.16. The maximum Gasteiger partial charge on any atom is 0.305 e. The van der Waals surface area contributed by atoms with E-state index in [9.17, 15) is 14.0 Å². The van der Waals surface area contributed by atoms with Crippen molar-refractivity contribution in [3.05, 3.63) is 35.6 Å². The van der Waals surface area contributed by atoms with Gasteiger partial charge in [0.2, 0.25) is 0 Å². The van der Waals surface area contributed by atoms with Gasteiger partial charge in [-0.05, 0) is 18.2 Å². The Bertz CT molecular complexity index is 436. The highest BCUT2D eigenvalue weighted by molar-refractivity contribution is 5.94. The Hall–Kier alpha value is -1.95. The zero-order chi connectivity index (χ0) is 13.5. The molecule has 18 heavy (non-hydrogen) atoms. The van der Waals surface area contributed by atoms with Crippen LogP contribution in [0.5, 0.6) is 0 Å². The molecule has 0 unspecified atom stereocenters. The number of amides is 1. The van der Waals surface area contributed by atoms with Crippen molar-refractivity contribution < 1.29 is 24.2 Å². The molecule has 1 rings (SSSR count). The number of carboxylic acids is 1. The second kappa shape index (κ2) is 6.70.